The van der Waals surface area contributed by atoms with E-state index in [1.165, 1.54) is 21.1 Å². The smallest absolute Gasteiger partial charge is 0.259 e. The summed E-state index contributed by atoms with van der Waals surface area (Å²) in [6, 6.07) is 0. The standard InChI is InChI=1S/C16H29NO6/c1-6-7-8-9-11(18)16(3,21)14(19)12-13(22-4)10(2)17(23-5)15(12)20/h11-14,18-19,21H,2,6-9H2,1,3-5H3/t11-,12?,13?,14-,16+/m1/s1. The van der Waals surface area contributed by atoms with Crippen LogP contribution in [0.15, 0.2) is 12.3 Å². The number of unbranched alkanes of at least 4 members (excludes halogenated alkanes) is 2. The van der Waals surface area contributed by atoms with Crippen LogP contribution in [-0.2, 0) is 14.4 Å². The second-order valence-electron chi connectivity index (χ2n) is 6.17. The molecule has 0 aromatic carbocycles. The van der Waals surface area contributed by atoms with Gasteiger partial charge in [0.15, 0.2) is 0 Å². The Kier molecular flexibility index (Phi) is 7.16. The maximum absolute atomic E-state index is 12.4. The van der Waals surface area contributed by atoms with E-state index in [1.807, 2.05) is 6.92 Å². The third kappa shape index (κ3) is 3.92. The Labute approximate surface area is 137 Å². The van der Waals surface area contributed by atoms with Crippen LogP contribution in [0.1, 0.15) is 39.5 Å². The molecule has 134 valence electrons. The van der Waals surface area contributed by atoms with Crippen molar-refractivity contribution in [1.82, 2.24) is 5.06 Å². The van der Waals surface area contributed by atoms with Crippen molar-refractivity contribution < 1.29 is 29.7 Å². The molecule has 0 spiro atoms. The van der Waals surface area contributed by atoms with E-state index in [2.05, 4.69) is 6.58 Å². The van der Waals surface area contributed by atoms with Crippen molar-refractivity contribution in [2.24, 2.45) is 5.92 Å². The summed E-state index contributed by atoms with van der Waals surface area (Å²) in [5.41, 5.74) is -1.60. The van der Waals surface area contributed by atoms with Crippen molar-refractivity contribution in [3.63, 3.8) is 0 Å². The maximum atomic E-state index is 12.4. The highest BCUT2D eigenvalue weighted by atomic mass is 16.7. The van der Waals surface area contributed by atoms with Crippen LogP contribution in [0.25, 0.3) is 0 Å². The number of amides is 1. The second-order valence-corrected chi connectivity index (χ2v) is 6.17. The molecule has 1 saturated heterocycles. The monoisotopic (exact) mass is 331 g/mol. The van der Waals surface area contributed by atoms with Gasteiger partial charge in [-0.25, -0.2) is 0 Å². The van der Waals surface area contributed by atoms with Gasteiger partial charge in [-0.1, -0.05) is 32.8 Å². The molecule has 5 atom stereocenters. The summed E-state index contributed by atoms with van der Waals surface area (Å²) in [6.07, 6.45) is -0.540. The van der Waals surface area contributed by atoms with Crippen LogP contribution < -0.4 is 0 Å². The minimum atomic E-state index is -1.85. The molecule has 2 unspecified atom stereocenters. The third-order valence-electron chi connectivity index (χ3n) is 4.53. The van der Waals surface area contributed by atoms with Crippen LogP contribution in [0.3, 0.4) is 0 Å². The fourth-order valence-corrected chi connectivity index (χ4v) is 2.96. The number of methoxy groups -OCH3 is 1. The van der Waals surface area contributed by atoms with Gasteiger partial charge in [-0.3, -0.25) is 9.63 Å². The highest BCUT2D eigenvalue weighted by Gasteiger charge is 2.54. The Bertz CT molecular complexity index is 425. The molecule has 0 aromatic heterocycles. The third-order valence-corrected chi connectivity index (χ3v) is 4.53. The molecule has 7 heteroatoms. The largest absolute Gasteiger partial charge is 0.390 e. The van der Waals surface area contributed by atoms with E-state index < -0.39 is 35.7 Å². The predicted molar refractivity (Wildman–Crippen MR) is 84.1 cm³/mol. The van der Waals surface area contributed by atoms with Crippen molar-refractivity contribution in [3.8, 4) is 0 Å². The highest BCUT2D eigenvalue weighted by molar-refractivity contribution is 5.84. The zero-order chi connectivity index (χ0) is 17.8. The number of carbonyl (C=O) groups is 1. The summed E-state index contributed by atoms with van der Waals surface area (Å²) >= 11 is 0. The van der Waals surface area contributed by atoms with E-state index in [-0.39, 0.29) is 5.70 Å². The molecule has 1 rings (SSSR count). The minimum absolute atomic E-state index is 0.250. The first-order valence-electron chi connectivity index (χ1n) is 7.92. The molecular formula is C16H29NO6. The molecule has 0 aromatic rings. The Morgan fingerprint density at radius 1 is 1.35 bits per heavy atom. The van der Waals surface area contributed by atoms with Crippen LogP contribution in [0.4, 0.5) is 0 Å². The molecule has 0 saturated carbocycles. The quantitative estimate of drug-likeness (QED) is 0.535. The van der Waals surface area contributed by atoms with Gasteiger partial charge in [0.25, 0.3) is 5.91 Å². The maximum Gasteiger partial charge on any atom is 0.259 e. The molecule has 1 fully saturated rings. The Balaban J connectivity index is 2.94. The molecular weight excluding hydrogens is 302 g/mol. The summed E-state index contributed by atoms with van der Waals surface area (Å²) in [7, 11) is 2.69. The van der Waals surface area contributed by atoms with Gasteiger partial charge in [0.1, 0.15) is 17.6 Å². The molecule has 3 N–H and O–H groups in total. The van der Waals surface area contributed by atoms with Crippen molar-refractivity contribution in [2.75, 3.05) is 14.2 Å². The van der Waals surface area contributed by atoms with Crippen molar-refractivity contribution in [1.29, 1.82) is 0 Å². The molecule has 0 bridgehead atoms. The van der Waals surface area contributed by atoms with Crippen LogP contribution in [0.5, 0.6) is 0 Å². The summed E-state index contributed by atoms with van der Waals surface area (Å²) in [4.78, 5) is 17.3. The Morgan fingerprint density at radius 3 is 2.43 bits per heavy atom. The van der Waals surface area contributed by atoms with Gasteiger partial charge in [0.05, 0.1) is 25.0 Å². The molecule has 0 radical (unpaired) electrons. The lowest BCUT2D eigenvalue weighted by Crippen LogP contribution is -2.56. The van der Waals surface area contributed by atoms with E-state index in [1.54, 1.807) is 0 Å². The van der Waals surface area contributed by atoms with Gasteiger partial charge in [0, 0.05) is 7.11 Å². The number of hydrogen-bond donors (Lipinski definition) is 3. The summed E-state index contributed by atoms with van der Waals surface area (Å²) in [5, 5.41) is 32.3. The first-order chi connectivity index (χ1) is 10.7. The normalized spacial score (nSPS) is 27.2. The highest BCUT2D eigenvalue weighted by Crippen LogP contribution is 2.36. The lowest BCUT2D eigenvalue weighted by atomic mass is 9.80. The molecule has 1 aliphatic rings. The lowest BCUT2D eigenvalue weighted by molar-refractivity contribution is -0.181. The minimum Gasteiger partial charge on any atom is -0.390 e. The van der Waals surface area contributed by atoms with Gasteiger partial charge in [0.2, 0.25) is 0 Å². The van der Waals surface area contributed by atoms with Crippen LogP contribution in [0.2, 0.25) is 0 Å². The summed E-state index contributed by atoms with van der Waals surface area (Å²) in [5.74, 6) is -1.65. The van der Waals surface area contributed by atoms with E-state index in [9.17, 15) is 20.1 Å². The number of hydroxylamine groups is 2. The van der Waals surface area contributed by atoms with E-state index in [0.29, 0.717) is 6.42 Å². The number of aliphatic hydroxyl groups is 3. The van der Waals surface area contributed by atoms with E-state index >= 15 is 0 Å². The SMILES string of the molecule is C=C1C(OC)C([C@@H](O)[C@@](C)(O)[C@H](O)CCCCC)C(=O)N1OC. The number of carbonyl (C=O) groups excluding carboxylic acids is 1. The van der Waals surface area contributed by atoms with Crippen molar-refractivity contribution in [3.05, 3.63) is 12.3 Å². The van der Waals surface area contributed by atoms with E-state index in [0.717, 1.165) is 24.3 Å². The molecule has 0 aliphatic carbocycles. The number of hydrogen-bond acceptors (Lipinski definition) is 6. The van der Waals surface area contributed by atoms with Gasteiger partial charge in [-0.2, -0.15) is 5.06 Å². The Hall–Kier alpha value is -0.990. The molecule has 7 nitrogen and oxygen atoms in total. The summed E-state index contributed by atoms with van der Waals surface area (Å²) < 4.78 is 5.24. The number of aliphatic hydroxyl groups excluding tert-OH is 2. The molecule has 1 aliphatic heterocycles. The first-order valence-corrected chi connectivity index (χ1v) is 7.92. The number of nitrogens with zero attached hydrogens (tertiary/aromatic N) is 1. The predicted octanol–water partition coefficient (Wildman–Crippen LogP) is 0.588. The molecule has 23 heavy (non-hydrogen) atoms. The first kappa shape index (κ1) is 20.1. The van der Waals surface area contributed by atoms with Crippen LogP contribution >= 0.6 is 0 Å². The van der Waals surface area contributed by atoms with Crippen molar-refractivity contribution >= 4 is 5.91 Å². The topological polar surface area (TPSA) is 99.5 Å². The number of ether oxygens (including phenoxy) is 1. The van der Waals surface area contributed by atoms with Gasteiger partial charge >= 0.3 is 0 Å². The molecule has 1 amide bonds. The van der Waals surface area contributed by atoms with Crippen molar-refractivity contribution in [2.45, 2.75) is 63.4 Å². The second kappa shape index (κ2) is 8.21. The zero-order valence-corrected chi connectivity index (χ0v) is 14.4. The van der Waals surface area contributed by atoms with E-state index in [4.69, 9.17) is 9.57 Å². The molecule has 1 heterocycles. The van der Waals surface area contributed by atoms with Gasteiger partial charge in [-0.15, -0.1) is 0 Å². The average molecular weight is 331 g/mol. The van der Waals surface area contributed by atoms with Crippen LogP contribution in [-0.4, -0.2) is 64.4 Å². The van der Waals surface area contributed by atoms with Gasteiger partial charge in [-0.05, 0) is 13.3 Å². The fraction of sp³-hybridized carbons (Fsp3) is 0.812. The fourth-order valence-electron chi connectivity index (χ4n) is 2.96. The zero-order valence-electron chi connectivity index (χ0n) is 14.4. The Morgan fingerprint density at radius 2 is 1.96 bits per heavy atom. The average Bonchev–Trinajstić information content (AvgIpc) is 2.76. The summed E-state index contributed by atoms with van der Waals surface area (Å²) in [6.45, 7) is 7.09. The number of rotatable bonds is 9. The lowest BCUT2D eigenvalue weighted by Gasteiger charge is -2.37. The van der Waals surface area contributed by atoms with Crippen LogP contribution in [0, 0.1) is 5.92 Å². The van der Waals surface area contributed by atoms with Gasteiger partial charge < -0.3 is 20.1 Å².